The Morgan fingerprint density at radius 1 is 1.27 bits per heavy atom. The summed E-state index contributed by atoms with van der Waals surface area (Å²) in [6.07, 6.45) is 0. The van der Waals surface area contributed by atoms with E-state index in [2.05, 4.69) is 11.5 Å². The van der Waals surface area contributed by atoms with Crippen LogP contribution in [0.3, 0.4) is 0 Å². The third-order valence-corrected chi connectivity index (χ3v) is 2.12. The molecule has 1 aromatic carbocycles. The molecule has 2 rings (SSSR count). The van der Waals surface area contributed by atoms with Crippen molar-refractivity contribution in [3.05, 3.63) is 42.5 Å². The SMILES string of the molecule is C=C1CN(C)CC1=N.Nc1ccccc1. The lowest BCUT2D eigenvalue weighted by molar-refractivity contribution is 0.445. The maximum Gasteiger partial charge on any atom is 0.0493 e. The molecule has 0 spiro atoms. The lowest BCUT2D eigenvalue weighted by atomic mass is 10.2. The predicted molar refractivity (Wildman–Crippen MR) is 65.2 cm³/mol. The van der Waals surface area contributed by atoms with Crippen molar-refractivity contribution in [2.75, 3.05) is 25.9 Å². The van der Waals surface area contributed by atoms with E-state index in [-0.39, 0.29) is 0 Å². The summed E-state index contributed by atoms with van der Waals surface area (Å²) in [5, 5.41) is 7.24. The van der Waals surface area contributed by atoms with Crippen molar-refractivity contribution in [3.8, 4) is 0 Å². The highest BCUT2D eigenvalue weighted by molar-refractivity contribution is 6.01. The normalized spacial score (nSPS) is 16.1. The Kier molecular flexibility index (Phi) is 4.06. The van der Waals surface area contributed by atoms with Crippen molar-refractivity contribution in [2.24, 2.45) is 0 Å². The fourth-order valence-electron chi connectivity index (χ4n) is 1.31. The van der Waals surface area contributed by atoms with Crippen LogP contribution in [0.25, 0.3) is 0 Å². The number of nitrogens with one attached hydrogen (secondary N) is 1. The molecular formula is C12H17N3. The highest BCUT2D eigenvalue weighted by Crippen LogP contribution is 2.05. The molecule has 1 aliphatic rings. The molecule has 0 atom stereocenters. The number of hydrogen-bond donors (Lipinski definition) is 2. The number of nitrogens with two attached hydrogens (primary N) is 1. The number of anilines is 1. The molecule has 1 saturated heterocycles. The maximum absolute atomic E-state index is 7.24. The van der Waals surface area contributed by atoms with Crippen molar-refractivity contribution >= 4 is 11.4 Å². The molecule has 0 amide bonds. The molecule has 3 heteroatoms. The quantitative estimate of drug-likeness (QED) is 0.631. The first kappa shape index (κ1) is 11.5. The van der Waals surface area contributed by atoms with Crippen LogP contribution in [0.4, 0.5) is 5.69 Å². The average molecular weight is 203 g/mol. The van der Waals surface area contributed by atoms with Gasteiger partial charge in [-0.2, -0.15) is 0 Å². The average Bonchev–Trinajstić information content (AvgIpc) is 2.46. The van der Waals surface area contributed by atoms with E-state index < -0.39 is 0 Å². The fraction of sp³-hybridized carbons (Fsp3) is 0.250. The highest BCUT2D eigenvalue weighted by Gasteiger charge is 2.15. The molecule has 1 heterocycles. The second kappa shape index (κ2) is 5.32. The molecule has 0 aromatic heterocycles. The topological polar surface area (TPSA) is 53.1 Å². The Morgan fingerprint density at radius 3 is 2.07 bits per heavy atom. The fourth-order valence-corrected chi connectivity index (χ4v) is 1.31. The van der Waals surface area contributed by atoms with Crippen molar-refractivity contribution in [3.63, 3.8) is 0 Å². The zero-order valence-corrected chi connectivity index (χ0v) is 9.03. The summed E-state index contributed by atoms with van der Waals surface area (Å²) in [5.41, 5.74) is 7.83. The van der Waals surface area contributed by atoms with Crippen molar-refractivity contribution in [2.45, 2.75) is 0 Å². The van der Waals surface area contributed by atoms with E-state index in [1.807, 2.05) is 37.4 Å². The van der Waals surface area contributed by atoms with Gasteiger partial charge in [0.1, 0.15) is 0 Å². The van der Waals surface area contributed by atoms with E-state index in [4.69, 9.17) is 11.1 Å². The number of likely N-dealkylation sites (tertiary alicyclic amines) is 1. The summed E-state index contributed by atoms with van der Waals surface area (Å²) >= 11 is 0. The van der Waals surface area contributed by atoms with Crippen molar-refractivity contribution in [1.82, 2.24) is 4.90 Å². The zero-order chi connectivity index (χ0) is 11.3. The standard InChI is InChI=1S/C6H10N2.C6H7N/c1-5-3-8(2)4-6(5)7;7-6-4-2-1-3-5-6/h7H,1,3-4H2,2H3;1-5H,7H2. The van der Waals surface area contributed by atoms with Crippen LogP contribution in [0.2, 0.25) is 0 Å². The minimum Gasteiger partial charge on any atom is -0.399 e. The third-order valence-electron chi connectivity index (χ3n) is 2.12. The van der Waals surface area contributed by atoms with Gasteiger partial charge in [0, 0.05) is 24.5 Å². The van der Waals surface area contributed by atoms with E-state index in [9.17, 15) is 0 Å². The van der Waals surface area contributed by atoms with Crippen LogP contribution < -0.4 is 5.73 Å². The van der Waals surface area contributed by atoms with E-state index in [0.717, 1.165) is 24.4 Å². The smallest absolute Gasteiger partial charge is 0.0493 e. The first-order valence-electron chi connectivity index (χ1n) is 4.84. The molecule has 0 saturated carbocycles. The van der Waals surface area contributed by atoms with Crippen LogP contribution in [0.15, 0.2) is 42.5 Å². The van der Waals surface area contributed by atoms with Gasteiger partial charge in [-0.05, 0) is 24.8 Å². The van der Waals surface area contributed by atoms with Gasteiger partial charge in [0.15, 0.2) is 0 Å². The second-order valence-corrected chi connectivity index (χ2v) is 3.67. The van der Waals surface area contributed by atoms with E-state index >= 15 is 0 Å². The molecule has 3 N–H and O–H groups in total. The lowest BCUT2D eigenvalue weighted by Gasteiger charge is -2.00. The minimum absolute atomic E-state index is 0.688. The van der Waals surface area contributed by atoms with Crippen LogP contribution in [-0.4, -0.2) is 30.7 Å². The van der Waals surface area contributed by atoms with Gasteiger partial charge in [0.05, 0.1) is 0 Å². The van der Waals surface area contributed by atoms with Gasteiger partial charge in [-0.3, -0.25) is 4.90 Å². The number of nitrogens with zero attached hydrogens (tertiary/aromatic N) is 1. The summed E-state index contributed by atoms with van der Waals surface area (Å²) in [7, 11) is 1.99. The maximum atomic E-state index is 7.24. The summed E-state index contributed by atoms with van der Waals surface area (Å²) in [6, 6.07) is 9.49. The number of rotatable bonds is 0. The van der Waals surface area contributed by atoms with E-state index in [1.165, 1.54) is 0 Å². The Labute approximate surface area is 90.7 Å². The number of benzene rings is 1. The third kappa shape index (κ3) is 3.95. The number of nitrogen functional groups attached to an aromatic ring is 1. The first-order valence-corrected chi connectivity index (χ1v) is 4.84. The molecule has 15 heavy (non-hydrogen) atoms. The number of para-hydroxylation sites is 1. The first-order chi connectivity index (χ1) is 7.09. The minimum atomic E-state index is 0.688. The summed E-state index contributed by atoms with van der Waals surface area (Å²) < 4.78 is 0. The van der Waals surface area contributed by atoms with Gasteiger partial charge < -0.3 is 11.1 Å². The van der Waals surface area contributed by atoms with E-state index in [1.54, 1.807) is 0 Å². The van der Waals surface area contributed by atoms with Crippen LogP contribution in [0, 0.1) is 5.41 Å². The molecule has 0 radical (unpaired) electrons. The largest absolute Gasteiger partial charge is 0.399 e. The molecular weight excluding hydrogens is 186 g/mol. The zero-order valence-electron chi connectivity index (χ0n) is 9.03. The summed E-state index contributed by atoms with van der Waals surface area (Å²) in [6.45, 7) is 5.37. The number of hydrogen-bond acceptors (Lipinski definition) is 3. The Morgan fingerprint density at radius 2 is 1.87 bits per heavy atom. The molecule has 0 aliphatic carbocycles. The van der Waals surface area contributed by atoms with Gasteiger partial charge in [-0.25, -0.2) is 0 Å². The van der Waals surface area contributed by atoms with Crippen molar-refractivity contribution < 1.29 is 0 Å². The summed E-state index contributed by atoms with van der Waals surface area (Å²) in [4.78, 5) is 2.07. The second-order valence-electron chi connectivity index (χ2n) is 3.67. The Bertz CT molecular complexity index is 327. The van der Waals surface area contributed by atoms with Gasteiger partial charge >= 0.3 is 0 Å². The molecule has 80 valence electrons. The molecule has 1 aromatic rings. The Balaban J connectivity index is 0.000000151. The molecule has 0 bridgehead atoms. The molecule has 1 aliphatic heterocycles. The predicted octanol–water partition coefficient (Wildman–Crippen LogP) is 1.78. The van der Waals surface area contributed by atoms with Crippen LogP contribution in [-0.2, 0) is 0 Å². The Hall–Kier alpha value is -1.61. The lowest BCUT2D eigenvalue weighted by Crippen LogP contribution is -2.13. The molecule has 1 fully saturated rings. The van der Waals surface area contributed by atoms with Gasteiger partial charge in [-0.1, -0.05) is 24.8 Å². The summed E-state index contributed by atoms with van der Waals surface area (Å²) in [5.74, 6) is 0. The van der Waals surface area contributed by atoms with Crippen LogP contribution in [0.1, 0.15) is 0 Å². The molecule has 3 nitrogen and oxygen atoms in total. The number of likely N-dealkylation sites (N-methyl/N-ethyl adjacent to an activating group) is 1. The van der Waals surface area contributed by atoms with E-state index in [0.29, 0.717) is 5.71 Å². The molecule has 0 unspecified atom stereocenters. The van der Waals surface area contributed by atoms with Gasteiger partial charge in [0.25, 0.3) is 0 Å². The van der Waals surface area contributed by atoms with Crippen LogP contribution >= 0.6 is 0 Å². The highest BCUT2D eigenvalue weighted by atomic mass is 15.1. The monoisotopic (exact) mass is 203 g/mol. The van der Waals surface area contributed by atoms with Crippen molar-refractivity contribution in [1.29, 1.82) is 5.41 Å². The van der Waals surface area contributed by atoms with Gasteiger partial charge in [-0.15, -0.1) is 0 Å². The van der Waals surface area contributed by atoms with Crippen LogP contribution in [0.5, 0.6) is 0 Å². The van der Waals surface area contributed by atoms with Gasteiger partial charge in [0.2, 0.25) is 0 Å².